The first-order chi connectivity index (χ1) is 9.58. The molecule has 0 aliphatic carbocycles. The maximum atomic E-state index is 9.36. The van der Waals surface area contributed by atoms with E-state index in [2.05, 4.69) is 24.2 Å². The number of rotatable bonds is 3. The maximum Gasteiger partial charge on any atom is 0.123 e. The standard InChI is InChI=1S/C16H20N2O2/c1-10-4-5-16-13(6-10)7-14(20-16)8-18-12(3)15(9-19)11(2)17-18/h4-6,14,19H,7-9H2,1-3H3. The van der Waals surface area contributed by atoms with Gasteiger partial charge < -0.3 is 9.84 Å². The maximum absolute atomic E-state index is 9.36. The van der Waals surface area contributed by atoms with E-state index in [1.807, 2.05) is 24.6 Å². The van der Waals surface area contributed by atoms with Crippen LogP contribution in [0.3, 0.4) is 0 Å². The molecule has 0 bridgehead atoms. The average molecular weight is 272 g/mol. The van der Waals surface area contributed by atoms with Crippen LogP contribution in [-0.4, -0.2) is 21.0 Å². The lowest BCUT2D eigenvalue weighted by molar-refractivity contribution is 0.201. The number of ether oxygens (including phenoxy) is 1. The number of aliphatic hydroxyl groups excluding tert-OH is 1. The van der Waals surface area contributed by atoms with Crippen molar-refractivity contribution in [2.24, 2.45) is 0 Å². The minimum absolute atomic E-state index is 0.0443. The molecule has 2 aromatic rings. The first-order valence-corrected chi connectivity index (χ1v) is 6.98. The zero-order valence-corrected chi connectivity index (χ0v) is 12.2. The summed E-state index contributed by atoms with van der Waals surface area (Å²) in [5, 5.41) is 13.9. The van der Waals surface area contributed by atoms with Crippen LogP contribution in [0.2, 0.25) is 0 Å². The van der Waals surface area contributed by atoms with E-state index in [0.29, 0.717) is 0 Å². The van der Waals surface area contributed by atoms with Gasteiger partial charge in [-0.05, 0) is 32.4 Å². The minimum Gasteiger partial charge on any atom is -0.488 e. The molecular formula is C16H20N2O2. The van der Waals surface area contributed by atoms with Gasteiger partial charge in [0.2, 0.25) is 0 Å². The Labute approximate surface area is 119 Å². The Morgan fingerprint density at radius 3 is 2.85 bits per heavy atom. The van der Waals surface area contributed by atoms with Crippen molar-refractivity contribution in [2.45, 2.75) is 46.4 Å². The van der Waals surface area contributed by atoms with Crippen molar-refractivity contribution in [3.63, 3.8) is 0 Å². The van der Waals surface area contributed by atoms with Gasteiger partial charge in [-0.3, -0.25) is 4.68 Å². The molecule has 1 N–H and O–H groups in total. The van der Waals surface area contributed by atoms with E-state index in [0.717, 1.165) is 35.7 Å². The van der Waals surface area contributed by atoms with Crippen molar-refractivity contribution < 1.29 is 9.84 Å². The number of aryl methyl sites for hydroxylation is 2. The summed E-state index contributed by atoms with van der Waals surface area (Å²) in [7, 11) is 0. The summed E-state index contributed by atoms with van der Waals surface area (Å²) in [4.78, 5) is 0. The van der Waals surface area contributed by atoms with Gasteiger partial charge in [0.05, 0.1) is 18.8 Å². The first-order valence-electron chi connectivity index (χ1n) is 6.98. The zero-order chi connectivity index (χ0) is 14.3. The van der Waals surface area contributed by atoms with Crippen LogP contribution < -0.4 is 4.74 Å². The number of benzene rings is 1. The topological polar surface area (TPSA) is 47.3 Å². The summed E-state index contributed by atoms with van der Waals surface area (Å²) in [5.41, 5.74) is 5.40. The molecule has 1 atom stereocenters. The Kier molecular flexibility index (Phi) is 3.26. The van der Waals surface area contributed by atoms with E-state index in [4.69, 9.17) is 4.74 Å². The Bertz CT molecular complexity index is 646. The average Bonchev–Trinajstić information content (AvgIpc) is 2.91. The van der Waals surface area contributed by atoms with Crippen LogP contribution in [0, 0.1) is 20.8 Å². The fourth-order valence-corrected chi connectivity index (χ4v) is 2.88. The van der Waals surface area contributed by atoms with Gasteiger partial charge in [0, 0.05) is 17.7 Å². The molecule has 0 amide bonds. The molecule has 4 nitrogen and oxygen atoms in total. The summed E-state index contributed by atoms with van der Waals surface area (Å²) in [6.07, 6.45) is 1.04. The third-order valence-electron chi connectivity index (χ3n) is 4.02. The number of nitrogens with zero attached hydrogens (tertiary/aromatic N) is 2. The number of fused-ring (bicyclic) bond motifs is 1. The van der Waals surface area contributed by atoms with Crippen LogP contribution in [0.1, 0.15) is 28.1 Å². The van der Waals surface area contributed by atoms with Gasteiger partial charge in [0.1, 0.15) is 11.9 Å². The highest BCUT2D eigenvalue weighted by Gasteiger charge is 2.24. The molecule has 4 heteroatoms. The second-order valence-electron chi connectivity index (χ2n) is 5.54. The summed E-state index contributed by atoms with van der Waals surface area (Å²) >= 11 is 0. The smallest absolute Gasteiger partial charge is 0.123 e. The van der Waals surface area contributed by atoms with Gasteiger partial charge in [-0.2, -0.15) is 5.10 Å². The van der Waals surface area contributed by atoms with Crippen molar-refractivity contribution in [2.75, 3.05) is 0 Å². The Hall–Kier alpha value is -1.81. The molecule has 0 saturated heterocycles. The SMILES string of the molecule is Cc1ccc2c(c1)CC(Cn1nc(C)c(CO)c1C)O2. The molecular weight excluding hydrogens is 252 g/mol. The van der Waals surface area contributed by atoms with E-state index < -0.39 is 0 Å². The van der Waals surface area contributed by atoms with E-state index in [-0.39, 0.29) is 12.7 Å². The zero-order valence-electron chi connectivity index (χ0n) is 12.2. The monoisotopic (exact) mass is 272 g/mol. The summed E-state index contributed by atoms with van der Waals surface area (Å²) in [6, 6.07) is 6.31. The Balaban J connectivity index is 1.78. The Morgan fingerprint density at radius 1 is 1.35 bits per heavy atom. The number of hydrogen-bond acceptors (Lipinski definition) is 3. The number of hydrogen-bond donors (Lipinski definition) is 1. The van der Waals surface area contributed by atoms with E-state index in [1.54, 1.807) is 0 Å². The molecule has 0 spiro atoms. The highest BCUT2D eigenvalue weighted by molar-refractivity contribution is 5.40. The van der Waals surface area contributed by atoms with Crippen molar-refractivity contribution in [3.8, 4) is 5.75 Å². The van der Waals surface area contributed by atoms with Gasteiger partial charge in [0.15, 0.2) is 0 Å². The van der Waals surface area contributed by atoms with E-state index >= 15 is 0 Å². The predicted molar refractivity (Wildman–Crippen MR) is 76.9 cm³/mol. The third-order valence-corrected chi connectivity index (χ3v) is 4.02. The Morgan fingerprint density at radius 2 is 2.15 bits per heavy atom. The van der Waals surface area contributed by atoms with Crippen LogP contribution in [0.4, 0.5) is 0 Å². The molecule has 0 radical (unpaired) electrons. The van der Waals surface area contributed by atoms with Gasteiger partial charge in [-0.1, -0.05) is 17.7 Å². The summed E-state index contributed by atoms with van der Waals surface area (Å²) < 4.78 is 7.93. The van der Waals surface area contributed by atoms with Crippen LogP contribution >= 0.6 is 0 Å². The van der Waals surface area contributed by atoms with Crippen LogP contribution in [0.5, 0.6) is 5.75 Å². The first kappa shape index (κ1) is 13.2. The largest absolute Gasteiger partial charge is 0.488 e. The van der Waals surface area contributed by atoms with Gasteiger partial charge in [0.25, 0.3) is 0 Å². The number of aliphatic hydroxyl groups is 1. The molecule has 0 saturated carbocycles. The minimum atomic E-state index is 0.0443. The van der Waals surface area contributed by atoms with Crippen LogP contribution in [0.15, 0.2) is 18.2 Å². The third kappa shape index (κ3) is 2.20. The van der Waals surface area contributed by atoms with E-state index in [9.17, 15) is 5.11 Å². The molecule has 0 fully saturated rings. The molecule has 20 heavy (non-hydrogen) atoms. The lowest BCUT2D eigenvalue weighted by Gasteiger charge is -2.12. The van der Waals surface area contributed by atoms with Gasteiger partial charge >= 0.3 is 0 Å². The number of aromatic nitrogens is 2. The highest BCUT2D eigenvalue weighted by atomic mass is 16.5. The van der Waals surface area contributed by atoms with Crippen molar-refractivity contribution in [3.05, 3.63) is 46.3 Å². The molecule has 1 aliphatic rings. The van der Waals surface area contributed by atoms with Crippen LogP contribution in [0.25, 0.3) is 0 Å². The highest BCUT2D eigenvalue weighted by Crippen LogP contribution is 2.30. The molecule has 1 aromatic heterocycles. The van der Waals surface area contributed by atoms with Crippen molar-refractivity contribution in [1.82, 2.24) is 9.78 Å². The van der Waals surface area contributed by atoms with Gasteiger partial charge in [-0.15, -0.1) is 0 Å². The lowest BCUT2D eigenvalue weighted by Crippen LogP contribution is -2.22. The quantitative estimate of drug-likeness (QED) is 0.932. The van der Waals surface area contributed by atoms with Gasteiger partial charge in [-0.25, -0.2) is 0 Å². The molecule has 2 heterocycles. The fraction of sp³-hybridized carbons (Fsp3) is 0.438. The normalized spacial score (nSPS) is 17.1. The van der Waals surface area contributed by atoms with Crippen molar-refractivity contribution >= 4 is 0 Å². The fourth-order valence-electron chi connectivity index (χ4n) is 2.88. The summed E-state index contributed by atoms with van der Waals surface area (Å²) in [5.74, 6) is 0.990. The van der Waals surface area contributed by atoms with Crippen molar-refractivity contribution in [1.29, 1.82) is 0 Å². The lowest BCUT2D eigenvalue weighted by atomic mass is 10.1. The molecule has 106 valence electrons. The summed E-state index contributed by atoms with van der Waals surface area (Å²) in [6.45, 7) is 6.80. The molecule has 1 aromatic carbocycles. The second kappa shape index (κ2) is 4.94. The predicted octanol–water partition coefficient (Wildman–Crippen LogP) is 2.30. The molecule has 3 rings (SSSR count). The molecule has 1 aliphatic heterocycles. The molecule has 1 unspecified atom stereocenters. The van der Waals surface area contributed by atoms with Crippen LogP contribution in [-0.2, 0) is 19.6 Å². The second-order valence-corrected chi connectivity index (χ2v) is 5.54. The van der Waals surface area contributed by atoms with E-state index in [1.165, 1.54) is 11.1 Å².